The van der Waals surface area contributed by atoms with E-state index in [-0.39, 0.29) is 0 Å². The van der Waals surface area contributed by atoms with Crippen molar-refractivity contribution < 1.29 is 4.74 Å². The molecule has 0 amide bonds. The van der Waals surface area contributed by atoms with Gasteiger partial charge in [0.05, 0.1) is 12.7 Å². The number of rotatable bonds is 2. The molecule has 2 aliphatic rings. The van der Waals surface area contributed by atoms with Crippen LogP contribution in [0, 0.1) is 0 Å². The molecular weight excluding hydrogens is 200 g/mol. The third-order valence-corrected chi connectivity index (χ3v) is 4.05. The van der Waals surface area contributed by atoms with Crippen LogP contribution in [0.5, 0.6) is 0 Å². The van der Waals surface area contributed by atoms with Crippen LogP contribution in [0.3, 0.4) is 0 Å². The van der Waals surface area contributed by atoms with E-state index in [4.69, 9.17) is 4.74 Å². The van der Waals surface area contributed by atoms with E-state index in [2.05, 4.69) is 31.0 Å². The zero-order valence-corrected chi connectivity index (χ0v) is 10.9. The molecule has 2 saturated heterocycles. The van der Waals surface area contributed by atoms with Gasteiger partial charge in [-0.3, -0.25) is 4.90 Å². The molecule has 0 bridgehead atoms. The number of morpholine rings is 1. The first-order chi connectivity index (χ1) is 7.70. The first kappa shape index (κ1) is 12.3. The number of nitrogens with one attached hydrogen (secondary N) is 1. The van der Waals surface area contributed by atoms with E-state index in [1.54, 1.807) is 0 Å². The van der Waals surface area contributed by atoms with Crippen molar-refractivity contribution in [3.05, 3.63) is 0 Å². The molecule has 2 aliphatic heterocycles. The Labute approximate surface area is 99.5 Å². The molecule has 4 atom stereocenters. The number of hydrogen-bond donors (Lipinski definition) is 1. The maximum atomic E-state index is 5.77. The molecule has 94 valence electrons. The topological polar surface area (TPSA) is 24.5 Å². The van der Waals surface area contributed by atoms with E-state index in [9.17, 15) is 0 Å². The SMILES string of the molecule is CCC1COC(C)CN1C1CCNC(C)C1. The van der Waals surface area contributed by atoms with Gasteiger partial charge < -0.3 is 10.1 Å². The Bertz CT molecular complexity index is 222. The van der Waals surface area contributed by atoms with Gasteiger partial charge in [-0.15, -0.1) is 0 Å². The van der Waals surface area contributed by atoms with Gasteiger partial charge in [0.2, 0.25) is 0 Å². The maximum absolute atomic E-state index is 5.77. The highest BCUT2D eigenvalue weighted by atomic mass is 16.5. The summed E-state index contributed by atoms with van der Waals surface area (Å²) in [4.78, 5) is 2.71. The maximum Gasteiger partial charge on any atom is 0.0674 e. The second kappa shape index (κ2) is 5.48. The first-order valence-electron chi connectivity index (χ1n) is 6.81. The van der Waals surface area contributed by atoms with Crippen LogP contribution in [0.15, 0.2) is 0 Å². The van der Waals surface area contributed by atoms with Crippen molar-refractivity contribution in [3.63, 3.8) is 0 Å². The van der Waals surface area contributed by atoms with Gasteiger partial charge in [-0.25, -0.2) is 0 Å². The fourth-order valence-corrected chi connectivity index (χ4v) is 3.08. The minimum atomic E-state index is 0.410. The lowest BCUT2D eigenvalue weighted by Gasteiger charge is -2.45. The Balaban J connectivity index is 1.98. The van der Waals surface area contributed by atoms with Gasteiger partial charge in [-0.2, -0.15) is 0 Å². The zero-order valence-electron chi connectivity index (χ0n) is 10.9. The van der Waals surface area contributed by atoms with E-state index in [1.165, 1.54) is 25.8 Å². The summed E-state index contributed by atoms with van der Waals surface area (Å²) in [6, 6.07) is 2.09. The van der Waals surface area contributed by atoms with Crippen molar-refractivity contribution >= 4 is 0 Å². The van der Waals surface area contributed by atoms with Crippen molar-refractivity contribution in [1.29, 1.82) is 0 Å². The minimum Gasteiger partial charge on any atom is -0.376 e. The predicted octanol–water partition coefficient (Wildman–Crippen LogP) is 1.63. The Morgan fingerprint density at radius 1 is 1.38 bits per heavy atom. The molecule has 1 N–H and O–H groups in total. The van der Waals surface area contributed by atoms with Crippen LogP contribution >= 0.6 is 0 Å². The van der Waals surface area contributed by atoms with E-state index < -0.39 is 0 Å². The summed E-state index contributed by atoms with van der Waals surface area (Å²) in [5.41, 5.74) is 0. The second-order valence-electron chi connectivity index (χ2n) is 5.44. The lowest BCUT2D eigenvalue weighted by molar-refractivity contribution is -0.0781. The van der Waals surface area contributed by atoms with E-state index in [1.807, 2.05) is 0 Å². The first-order valence-corrected chi connectivity index (χ1v) is 6.81. The van der Waals surface area contributed by atoms with Crippen LogP contribution in [0.25, 0.3) is 0 Å². The molecule has 16 heavy (non-hydrogen) atoms. The smallest absolute Gasteiger partial charge is 0.0674 e. The summed E-state index contributed by atoms with van der Waals surface area (Å²) in [5, 5.41) is 3.54. The van der Waals surface area contributed by atoms with Gasteiger partial charge in [-0.1, -0.05) is 6.92 Å². The van der Waals surface area contributed by atoms with Crippen LogP contribution in [0.1, 0.15) is 40.0 Å². The molecule has 3 nitrogen and oxygen atoms in total. The Kier molecular flexibility index (Phi) is 4.22. The molecule has 2 rings (SSSR count). The third kappa shape index (κ3) is 2.76. The highest BCUT2D eigenvalue weighted by molar-refractivity contribution is 4.88. The zero-order chi connectivity index (χ0) is 11.5. The monoisotopic (exact) mass is 226 g/mol. The molecule has 0 aliphatic carbocycles. The summed E-state index contributed by atoms with van der Waals surface area (Å²) in [6.07, 6.45) is 4.22. The molecule has 0 aromatic heterocycles. The fourth-order valence-electron chi connectivity index (χ4n) is 3.08. The van der Waals surface area contributed by atoms with Crippen molar-refractivity contribution in [3.8, 4) is 0 Å². The van der Waals surface area contributed by atoms with E-state index in [0.29, 0.717) is 18.2 Å². The Morgan fingerprint density at radius 3 is 2.88 bits per heavy atom. The van der Waals surface area contributed by atoms with Crippen LogP contribution in [0.4, 0.5) is 0 Å². The molecule has 3 heteroatoms. The lowest BCUT2D eigenvalue weighted by atomic mass is 9.96. The average Bonchev–Trinajstić information content (AvgIpc) is 2.29. The van der Waals surface area contributed by atoms with Crippen molar-refractivity contribution in [2.45, 2.75) is 64.3 Å². The number of piperidine rings is 1. The average molecular weight is 226 g/mol. The molecule has 2 fully saturated rings. The molecule has 0 aromatic rings. The third-order valence-electron chi connectivity index (χ3n) is 4.05. The van der Waals surface area contributed by atoms with Gasteiger partial charge in [0, 0.05) is 24.7 Å². The molecule has 0 radical (unpaired) electrons. The lowest BCUT2D eigenvalue weighted by Crippen LogP contribution is -2.56. The Morgan fingerprint density at radius 2 is 2.19 bits per heavy atom. The Hall–Kier alpha value is -0.120. The molecule has 0 aromatic carbocycles. The standard InChI is InChI=1S/C13H26N2O/c1-4-12-9-16-11(3)8-15(12)13-5-6-14-10(2)7-13/h10-14H,4-9H2,1-3H3. The highest BCUT2D eigenvalue weighted by Crippen LogP contribution is 2.23. The highest BCUT2D eigenvalue weighted by Gasteiger charge is 2.33. The summed E-state index contributed by atoms with van der Waals surface area (Å²) in [7, 11) is 0. The molecule has 0 spiro atoms. The van der Waals surface area contributed by atoms with E-state index in [0.717, 1.165) is 19.2 Å². The predicted molar refractivity (Wildman–Crippen MR) is 66.7 cm³/mol. The van der Waals surface area contributed by atoms with Crippen LogP contribution in [-0.4, -0.2) is 48.8 Å². The van der Waals surface area contributed by atoms with Gasteiger partial charge >= 0.3 is 0 Å². The molecule has 4 unspecified atom stereocenters. The largest absolute Gasteiger partial charge is 0.376 e. The number of hydrogen-bond acceptors (Lipinski definition) is 3. The molecular formula is C13H26N2O. The van der Waals surface area contributed by atoms with Crippen molar-refractivity contribution in [2.24, 2.45) is 0 Å². The van der Waals surface area contributed by atoms with E-state index >= 15 is 0 Å². The quantitative estimate of drug-likeness (QED) is 0.774. The molecule has 2 heterocycles. The van der Waals surface area contributed by atoms with Gasteiger partial charge in [-0.05, 0) is 39.7 Å². The van der Waals surface area contributed by atoms with Gasteiger partial charge in [0.25, 0.3) is 0 Å². The summed E-state index contributed by atoms with van der Waals surface area (Å²) in [6.45, 7) is 10.0. The van der Waals surface area contributed by atoms with Crippen LogP contribution in [-0.2, 0) is 4.74 Å². The summed E-state index contributed by atoms with van der Waals surface area (Å²) >= 11 is 0. The van der Waals surface area contributed by atoms with Crippen molar-refractivity contribution in [2.75, 3.05) is 19.7 Å². The summed E-state index contributed by atoms with van der Waals surface area (Å²) < 4.78 is 5.77. The summed E-state index contributed by atoms with van der Waals surface area (Å²) in [5.74, 6) is 0. The fraction of sp³-hybridized carbons (Fsp3) is 1.00. The van der Waals surface area contributed by atoms with Gasteiger partial charge in [0.1, 0.15) is 0 Å². The number of ether oxygens (including phenoxy) is 1. The molecule has 0 saturated carbocycles. The van der Waals surface area contributed by atoms with Crippen molar-refractivity contribution in [1.82, 2.24) is 10.2 Å². The van der Waals surface area contributed by atoms with Crippen LogP contribution in [0.2, 0.25) is 0 Å². The second-order valence-corrected chi connectivity index (χ2v) is 5.44. The normalized spacial score (nSPS) is 42.2. The van der Waals surface area contributed by atoms with Gasteiger partial charge in [0.15, 0.2) is 0 Å². The minimum absolute atomic E-state index is 0.410. The van der Waals surface area contributed by atoms with Crippen LogP contribution < -0.4 is 5.32 Å². The number of nitrogens with zero attached hydrogens (tertiary/aromatic N) is 1.